The van der Waals surface area contributed by atoms with Gasteiger partial charge in [-0.25, -0.2) is 0 Å². The van der Waals surface area contributed by atoms with Gasteiger partial charge in [0.15, 0.2) is 0 Å². The van der Waals surface area contributed by atoms with Crippen molar-refractivity contribution in [1.82, 2.24) is 0 Å². The fourth-order valence-corrected chi connectivity index (χ4v) is 0.533. The molecule has 0 aromatic rings. The summed E-state index contributed by atoms with van der Waals surface area (Å²) in [5.41, 5.74) is 0. The Hall–Kier alpha value is -0.510. The maximum atomic E-state index is 4.64. The van der Waals surface area contributed by atoms with E-state index in [-0.39, 0.29) is 5.25 Å². The van der Waals surface area contributed by atoms with E-state index < -0.39 is 0 Å². The highest BCUT2D eigenvalue weighted by atomic mass is 32.1. The van der Waals surface area contributed by atoms with Crippen LogP contribution in [0.2, 0.25) is 0 Å². The predicted octanol–water partition coefficient (Wildman–Crippen LogP) is 0.965. The summed E-state index contributed by atoms with van der Waals surface area (Å²) in [6, 6.07) is 0. The fourth-order valence-electron chi connectivity index (χ4n) is 0.370. The topological polar surface area (TPSA) is 34.0 Å². The van der Waals surface area contributed by atoms with E-state index in [0.29, 0.717) is 5.90 Å². The number of hydrogen-bond acceptors (Lipinski definition) is 4. The largest absolute Gasteiger partial charge is 0.341 e. The van der Waals surface area contributed by atoms with Gasteiger partial charge in [0, 0.05) is 13.8 Å². The zero-order valence-electron chi connectivity index (χ0n) is 5.53. The van der Waals surface area contributed by atoms with Gasteiger partial charge in [0.05, 0.1) is 5.25 Å². The average Bonchev–Trinajstić information content (AvgIpc) is 1.82. The van der Waals surface area contributed by atoms with Crippen LogP contribution in [0.3, 0.4) is 0 Å². The molecule has 0 saturated carbocycles. The first kappa shape index (κ1) is 8.49. The fraction of sp³-hybridized carbons (Fsp3) is 0.600. The van der Waals surface area contributed by atoms with Crippen LogP contribution in [0.5, 0.6) is 0 Å². The van der Waals surface area contributed by atoms with Crippen LogP contribution in [0.15, 0.2) is 10.1 Å². The van der Waals surface area contributed by atoms with Crippen LogP contribution in [-0.2, 0) is 4.84 Å². The molecule has 0 N–H and O–H groups in total. The average molecular weight is 146 g/mol. The van der Waals surface area contributed by atoms with Crippen molar-refractivity contribution in [3.63, 3.8) is 0 Å². The van der Waals surface area contributed by atoms with Crippen molar-refractivity contribution in [2.75, 3.05) is 7.05 Å². The molecule has 0 amide bonds. The molecule has 3 nitrogen and oxygen atoms in total. The number of oxime groups is 1. The van der Waals surface area contributed by atoms with Crippen LogP contribution in [0.25, 0.3) is 0 Å². The zero-order chi connectivity index (χ0) is 7.28. The second kappa shape index (κ2) is 4.38. The highest BCUT2D eigenvalue weighted by Gasteiger charge is 2.04. The molecule has 52 valence electrons. The van der Waals surface area contributed by atoms with E-state index in [1.54, 1.807) is 7.05 Å². The summed E-state index contributed by atoms with van der Waals surface area (Å²) in [7, 11) is 1.62. The highest BCUT2D eigenvalue weighted by Crippen LogP contribution is 1.97. The highest BCUT2D eigenvalue weighted by molar-refractivity contribution is 7.81. The van der Waals surface area contributed by atoms with Gasteiger partial charge in [0.25, 0.3) is 0 Å². The van der Waals surface area contributed by atoms with Crippen molar-refractivity contribution in [3.05, 3.63) is 0 Å². The van der Waals surface area contributed by atoms with Crippen molar-refractivity contribution in [2.24, 2.45) is 10.1 Å². The van der Waals surface area contributed by atoms with Crippen LogP contribution in [0, 0.1) is 0 Å². The smallest absolute Gasteiger partial charge is 0.232 e. The normalized spacial score (nSPS) is 14.8. The lowest BCUT2D eigenvalue weighted by atomic mass is 10.5. The number of nitrogens with zero attached hydrogens (tertiary/aromatic N) is 2. The lowest BCUT2D eigenvalue weighted by Crippen LogP contribution is -2.11. The molecule has 0 aromatic heterocycles. The van der Waals surface area contributed by atoms with Crippen molar-refractivity contribution in [1.29, 1.82) is 0 Å². The van der Waals surface area contributed by atoms with E-state index in [1.807, 2.05) is 6.92 Å². The van der Waals surface area contributed by atoms with Crippen molar-refractivity contribution < 1.29 is 4.84 Å². The Morgan fingerprint density at radius 3 is 2.44 bits per heavy atom. The third kappa shape index (κ3) is 3.13. The number of aliphatic imine (C=N–C) groups is 1. The van der Waals surface area contributed by atoms with E-state index in [1.165, 1.54) is 0 Å². The number of hydrogen-bond donors (Lipinski definition) is 1. The van der Waals surface area contributed by atoms with Gasteiger partial charge in [0.1, 0.15) is 0 Å². The van der Waals surface area contributed by atoms with E-state index in [2.05, 4.69) is 34.3 Å². The summed E-state index contributed by atoms with van der Waals surface area (Å²) in [4.78, 5) is 8.40. The van der Waals surface area contributed by atoms with Crippen molar-refractivity contribution in [3.8, 4) is 0 Å². The molecular formula is C5H10N2OS. The predicted molar refractivity (Wildman–Crippen MR) is 42.4 cm³/mol. The van der Waals surface area contributed by atoms with Gasteiger partial charge >= 0.3 is 0 Å². The molecule has 1 unspecified atom stereocenters. The standard InChI is InChI=1S/C5H10N2OS/c1-4(9)5(6-2)8-7-3/h4,9H,3H2,1-2H3. The van der Waals surface area contributed by atoms with E-state index in [9.17, 15) is 0 Å². The monoisotopic (exact) mass is 146 g/mol. The molecule has 0 aliphatic heterocycles. The Bertz CT molecular complexity index is 122. The second-order valence-corrected chi connectivity index (χ2v) is 2.23. The summed E-state index contributed by atoms with van der Waals surface area (Å²) >= 11 is 4.06. The van der Waals surface area contributed by atoms with E-state index in [0.717, 1.165) is 0 Å². The molecule has 0 radical (unpaired) electrons. The number of rotatable bonds is 2. The molecule has 9 heavy (non-hydrogen) atoms. The molecule has 0 aliphatic carbocycles. The molecule has 0 spiro atoms. The molecule has 0 bridgehead atoms. The van der Waals surface area contributed by atoms with Gasteiger partial charge in [-0.05, 0) is 6.92 Å². The Balaban J connectivity index is 3.84. The van der Waals surface area contributed by atoms with Crippen LogP contribution in [0.1, 0.15) is 6.92 Å². The van der Waals surface area contributed by atoms with Gasteiger partial charge in [-0.15, -0.1) is 0 Å². The van der Waals surface area contributed by atoms with Crippen LogP contribution < -0.4 is 0 Å². The first-order chi connectivity index (χ1) is 4.22. The minimum absolute atomic E-state index is 0.0273. The second-order valence-electron chi connectivity index (χ2n) is 1.46. The lowest BCUT2D eigenvalue weighted by Gasteiger charge is -2.02. The minimum atomic E-state index is -0.0273. The Morgan fingerprint density at radius 2 is 2.33 bits per heavy atom. The third-order valence-electron chi connectivity index (χ3n) is 0.736. The molecule has 0 aromatic carbocycles. The molecule has 1 atom stereocenters. The third-order valence-corrected chi connectivity index (χ3v) is 0.957. The maximum absolute atomic E-state index is 4.64. The summed E-state index contributed by atoms with van der Waals surface area (Å²) in [5, 5.41) is 3.17. The van der Waals surface area contributed by atoms with Gasteiger partial charge < -0.3 is 4.84 Å². The van der Waals surface area contributed by atoms with E-state index >= 15 is 0 Å². The SMILES string of the molecule is C=NOC(=NC)C(C)S. The van der Waals surface area contributed by atoms with Gasteiger partial charge in [-0.2, -0.15) is 12.6 Å². The molecule has 0 saturated heterocycles. The van der Waals surface area contributed by atoms with Crippen molar-refractivity contribution >= 4 is 25.2 Å². The summed E-state index contributed by atoms with van der Waals surface area (Å²) in [5.74, 6) is 0.480. The van der Waals surface area contributed by atoms with E-state index in [4.69, 9.17) is 0 Å². The van der Waals surface area contributed by atoms with Gasteiger partial charge in [-0.3, -0.25) is 4.99 Å². The Kier molecular flexibility index (Phi) is 4.13. The quantitative estimate of drug-likeness (QED) is 0.268. The Labute approximate surface area is 60.2 Å². The van der Waals surface area contributed by atoms with Crippen LogP contribution in [-0.4, -0.2) is 24.9 Å². The number of thiol groups is 1. The molecule has 0 heterocycles. The maximum Gasteiger partial charge on any atom is 0.232 e. The van der Waals surface area contributed by atoms with Gasteiger partial charge in [0.2, 0.25) is 5.90 Å². The summed E-state index contributed by atoms with van der Waals surface area (Å²) in [6.45, 7) is 4.99. The van der Waals surface area contributed by atoms with Gasteiger partial charge in [-0.1, -0.05) is 5.16 Å². The first-order valence-electron chi connectivity index (χ1n) is 2.50. The summed E-state index contributed by atoms with van der Waals surface area (Å²) < 4.78 is 0. The van der Waals surface area contributed by atoms with Crippen LogP contribution >= 0.6 is 12.6 Å². The molecular weight excluding hydrogens is 136 g/mol. The Morgan fingerprint density at radius 1 is 1.78 bits per heavy atom. The molecule has 0 rings (SSSR count). The zero-order valence-corrected chi connectivity index (χ0v) is 6.43. The molecule has 0 fully saturated rings. The molecule has 4 heteroatoms. The lowest BCUT2D eigenvalue weighted by molar-refractivity contribution is 0.324. The van der Waals surface area contributed by atoms with Crippen molar-refractivity contribution in [2.45, 2.75) is 12.2 Å². The molecule has 0 aliphatic rings. The summed E-state index contributed by atoms with van der Waals surface area (Å²) in [6.07, 6.45) is 0. The minimum Gasteiger partial charge on any atom is -0.341 e. The van der Waals surface area contributed by atoms with Crippen LogP contribution in [0.4, 0.5) is 0 Å². The first-order valence-corrected chi connectivity index (χ1v) is 3.01.